The number of nitriles is 1. The van der Waals surface area contributed by atoms with E-state index in [0.717, 1.165) is 0 Å². The summed E-state index contributed by atoms with van der Waals surface area (Å²) in [5, 5.41) is 9.64. The number of hydrogen-bond donors (Lipinski definition) is 1. The Labute approximate surface area is 54.7 Å². The summed E-state index contributed by atoms with van der Waals surface area (Å²) in [6.07, 6.45) is 5.79. The van der Waals surface area contributed by atoms with Crippen molar-refractivity contribution in [3.8, 4) is 6.07 Å². The third-order valence-corrected chi connectivity index (χ3v) is 0.715. The van der Waals surface area contributed by atoms with Crippen molar-refractivity contribution in [2.75, 3.05) is 0 Å². The maximum atomic E-state index is 8.02. The van der Waals surface area contributed by atoms with Gasteiger partial charge in [-0.2, -0.15) is 17.9 Å². The molecule has 8 heavy (non-hydrogen) atoms. The molecule has 0 aliphatic carbocycles. The van der Waals surface area contributed by atoms with Gasteiger partial charge in [0.05, 0.1) is 12.5 Å². The minimum atomic E-state index is 0.470. The van der Waals surface area contributed by atoms with Gasteiger partial charge in [0.25, 0.3) is 0 Å². The lowest BCUT2D eigenvalue weighted by molar-refractivity contribution is 1.35. The van der Waals surface area contributed by atoms with Gasteiger partial charge in [-0.25, -0.2) is 0 Å². The van der Waals surface area contributed by atoms with Gasteiger partial charge in [-0.05, 0) is 5.41 Å². The zero-order valence-corrected chi connectivity index (χ0v) is 5.31. The first-order chi connectivity index (χ1) is 3.91. The van der Waals surface area contributed by atoms with Crippen LogP contribution in [0.2, 0.25) is 0 Å². The number of allylic oxidation sites excluding steroid dienone is 3. The molecule has 42 valence electrons. The summed E-state index contributed by atoms with van der Waals surface area (Å²) in [4.78, 5) is 0. The largest absolute Gasteiger partial charge is 0.198 e. The van der Waals surface area contributed by atoms with Crippen LogP contribution in [0, 0.1) is 11.3 Å². The number of thiol groups is 1. The summed E-state index contributed by atoms with van der Waals surface area (Å²) >= 11 is 3.81. The lowest BCUT2D eigenvalue weighted by atomic mass is 10.4. The highest BCUT2D eigenvalue weighted by atomic mass is 32.1. The van der Waals surface area contributed by atoms with Gasteiger partial charge in [0.15, 0.2) is 0 Å². The molecular formula is C6H7NS. The summed E-state index contributed by atoms with van der Waals surface area (Å²) in [6, 6.07) is 1.98. The molecule has 0 heterocycles. The molecular weight excluding hydrogens is 118 g/mol. The van der Waals surface area contributed by atoms with E-state index in [2.05, 4.69) is 12.6 Å². The molecule has 0 unspecified atom stereocenters. The standard InChI is InChI=1S/C6H7NS/c7-5-3-1-2-4-6-8/h1-2,4,6,8H,3H2/b2-1+,6-4-. The van der Waals surface area contributed by atoms with E-state index < -0.39 is 0 Å². The van der Waals surface area contributed by atoms with Crippen LogP contribution in [0.15, 0.2) is 23.6 Å². The molecule has 0 fully saturated rings. The van der Waals surface area contributed by atoms with Crippen LogP contribution in [0.3, 0.4) is 0 Å². The van der Waals surface area contributed by atoms with Crippen LogP contribution in [0.5, 0.6) is 0 Å². The van der Waals surface area contributed by atoms with Crippen molar-refractivity contribution in [1.82, 2.24) is 0 Å². The highest BCUT2D eigenvalue weighted by molar-refractivity contribution is 7.83. The van der Waals surface area contributed by atoms with E-state index in [1.807, 2.05) is 6.07 Å². The fourth-order valence-electron chi connectivity index (χ4n) is 0.249. The highest BCUT2D eigenvalue weighted by Gasteiger charge is 1.64. The Balaban J connectivity index is 3.24. The minimum absolute atomic E-state index is 0.470. The van der Waals surface area contributed by atoms with Crippen LogP contribution >= 0.6 is 12.6 Å². The molecule has 0 saturated heterocycles. The molecule has 0 aromatic rings. The third kappa shape index (κ3) is 5.32. The molecule has 0 aliphatic rings. The van der Waals surface area contributed by atoms with Gasteiger partial charge in [0.2, 0.25) is 0 Å². The molecule has 0 spiro atoms. The Morgan fingerprint density at radius 2 is 2.25 bits per heavy atom. The maximum absolute atomic E-state index is 8.02. The van der Waals surface area contributed by atoms with Crippen LogP contribution < -0.4 is 0 Å². The van der Waals surface area contributed by atoms with Gasteiger partial charge in [-0.15, -0.1) is 0 Å². The monoisotopic (exact) mass is 125 g/mol. The van der Waals surface area contributed by atoms with Gasteiger partial charge in [0.1, 0.15) is 0 Å². The maximum Gasteiger partial charge on any atom is 0.0663 e. The molecule has 0 amide bonds. The summed E-state index contributed by atoms with van der Waals surface area (Å²) in [5.74, 6) is 0. The minimum Gasteiger partial charge on any atom is -0.198 e. The van der Waals surface area contributed by atoms with Crippen molar-refractivity contribution in [2.24, 2.45) is 0 Å². The zero-order chi connectivity index (χ0) is 6.24. The SMILES string of the molecule is N#CC/C=C/C=C\S. The highest BCUT2D eigenvalue weighted by Crippen LogP contribution is 1.82. The fourth-order valence-corrected chi connectivity index (χ4v) is 0.348. The fraction of sp³-hybridized carbons (Fsp3) is 0.167. The molecule has 2 heteroatoms. The Hall–Kier alpha value is -0.680. The molecule has 0 aliphatic heterocycles. The van der Waals surface area contributed by atoms with E-state index >= 15 is 0 Å². The Bertz CT molecular complexity index is 130. The van der Waals surface area contributed by atoms with Gasteiger partial charge >= 0.3 is 0 Å². The summed E-state index contributed by atoms with van der Waals surface area (Å²) in [5.41, 5.74) is 0. The summed E-state index contributed by atoms with van der Waals surface area (Å²) < 4.78 is 0. The molecule has 0 bridgehead atoms. The van der Waals surface area contributed by atoms with Crippen LogP contribution in [0.25, 0.3) is 0 Å². The molecule has 0 aromatic heterocycles. The van der Waals surface area contributed by atoms with Crippen LogP contribution in [-0.2, 0) is 0 Å². The first kappa shape index (κ1) is 7.32. The van der Waals surface area contributed by atoms with Gasteiger partial charge < -0.3 is 0 Å². The normalized spacial score (nSPS) is 10.5. The molecule has 1 nitrogen and oxygen atoms in total. The van der Waals surface area contributed by atoms with E-state index in [9.17, 15) is 0 Å². The lowest BCUT2D eigenvalue weighted by Crippen LogP contribution is -1.52. The van der Waals surface area contributed by atoms with E-state index in [-0.39, 0.29) is 0 Å². The molecule has 0 rings (SSSR count). The molecule has 0 saturated carbocycles. The Kier molecular flexibility index (Phi) is 5.78. The number of hydrogen-bond acceptors (Lipinski definition) is 2. The number of nitrogens with zero attached hydrogens (tertiary/aromatic N) is 1. The van der Waals surface area contributed by atoms with E-state index in [0.29, 0.717) is 6.42 Å². The molecule has 0 atom stereocenters. The van der Waals surface area contributed by atoms with Crippen molar-refractivity contribution in [3.05, 3.63) is 23.6 Å². The lowest BCUT2D eigenvalue weighted by Gasteiger charge is -1.68. The predicted molar refractivity (Wildman–Crippen MR) is 37.5 cm³/mol. The summed E-state index contributed by atoms with van der Waals surface area (Å²) in [7, 11) is 0. The predicted octanol–water partition coefficient (Wildman–Crippen LogP) is 1.90. The topological polar surface area (TPSA) is 23.8 Å². The first-order valence-electron chi connectivity index (χ1n) is 2.24. The Morgan fingerprint density at radius 3 is 2.75 bits per heavy atom. The zero-order valence-electron chi connectivity index (χ0n) is 4.41. The second-order valence-electron chi connectivity index (χ2n) is 1.13. The van der Waals surface area contributed by atoms with E-state index in [1.54, 1.807) is 23.6 Å². The third-order valence-electron chi connectivity index (χ3n) is 0.542. The first-order valence-corrected chi connectivity index (χ1v) is 2.76. The smallest absolute Gasteiger partial charge is 0.0663 e. The van der Waals surface area contributed by atoms with Crippen LogP contribution in [-0.4, -0.2) is 0 Å². The van der Waals surface area contributed by atoms with Gasteiger partial charge in [-0.1, -0.05) is 18.2 Å². The average Bonchev–Trinajstić information content (AvgIpc) is 1.81. The van der Waals surface area contributed by atoms with Crippen molar-refractivity contribution in [1.29, 1.82) is 5.26 Å². The number of rotatable bonds is 2. The van der Waals surface area contributed by atoms with E-state index in [1.165, 1.54) is 0 Å². The summed E-state index contributed by atoms with van der Waals surface area (Å²) in [6.45, 7) is 0. The van der Waals surface area contributed by atoms with Crippen LogP contribution in [0.1, 0.15) is 6.42 Å². The van der Waals surface area contributed by atoms with Crippen molar-refractivity contribution in [3.63, 3.8) is 0 Å². The quantitative estimate of drug-likeness (QED) is 0.442. The van der Waals surface area contributed by atoms with Crippen LogP contribution in [0.4, 0.5) is 0 Å². The average molecular weight is 125 g/mol. The molecule has 0 N–H and O–H groups in total. The second-order valence-corrected chi connectivity index (χ2v) is 1.43. The second kappa shape index (κ2) is 6.32. The van der Waals surface area contributed by atoms with Gasteiger partial charge in [-0.3, -0.25) is 0 Å². The van der Waals surface area contributed by atoms with E-state index in [4.69, 9.17) is 5.26 Å². The molecule has 0 radical (unpaired) electrons. The van der Waals surface area contributed by atoms with Gasteiger partial charge in [0, 0.05) is 0 Å². The van der Waals surface area contributed by atoms with Crippen molar-refractivity contribution in [2.45, 2.75) is 6.42 Å². The van der Waals surface area contributed by atoms with Crippen molar-refractivity contribution >= 4 is 12.6 Å². The van der Waals surface area contributed by atoms with Crippen molar-refractivity contribution < 1.29 is 0 Å². The Morgan fingerprint density at radius 1 is 1.50 bits per heavy atom. The molecule has 0 aromatic carbocycles.